The third kappa shape index (κ3) is 2.85. The summed E-state index contributed by atoms with van der Waals surface area (Å²) in [5.74, 6) is 0. The van der Waals surface area contributed by atoms with Crippen molar-refractivity contribution in [3.05, 3.63) is 68.6 Å². The van der Waals surface area contributed by atoms with Gasteiger partial charge in [0.05, 0.1) is 4.92 Å². The first kappa shape index (κ1) is 13.4. The third-order valence-corrected chi connectivity index (χ3v) is 3.15. The molecule has 4 nitrogen and oxygen atoms in total. The van der Waals surface area contributed by atoms with Crippen LogP contribution in [-0.2, 0) is 0 Å². The standard InChI is InChI=1S/C14H13ClN2O2/c1-10-8-12(6-7-16(18)19)11(2)17(10)14-5-3-4-13(15)9-14/h3-9H,1-2H3/b7-6+. The van der Waals surface area contributed by atoms with Gasteiger partial charge in [0.1, 0.15) is 0 Å². The van der Waals surface area contributed by atoms with E-state index in [4.69, 9.17) is 11.6 Å². The van der Waals surface area contributed by atoms with Gasteiger partial charge < -0.3 is 4.57 Å². The van der Waals surface area contributed by atoms with Crippen LogP contribution in [0.1, 0.15) is 17.0 Å². The average Bonchev–Trinajstić information content (AvgIpc) is 2.62. The van der Waals surface area contributed by atoms with Crippen LogP contribution in [0.3, 0.4) is 0 Å². The maximum Gasteiger partial charge on any atom is 0.235 e. The predicted octanol–water partition coefficient (Wildman–Crippen LogP) is 3.99. The van der Waals surface area contributed by atoms with Gasteiger partial charge in [-0.15, -0.1) is 0 Å². The fraction of sp³-hybridized carbons (Fsp3) is 0.143. The molecule has 19 heavy (non-hydrogen) atoms. The molecular formula is C14H13ClN2O2. The van der Waals surface area contributed by atoms with Gasteiger partial charge in [0, 0.05) is 33.7 Å². The van der Waals surface area contributed by atoms with Gasteiger partial charge in [-0.1, -0.05) is 17.7 Å². The third-order valence-electron chi connectivity index (χ3n) is 2.91. The topological polar surface area (TPSA) is 48.1 Å². The summed E-state index contributed by atoms with van der Waals surface area (Å²) in [5.41, 5.74) is 3.72. The Kier molecular flexibility index (Phi) is 3.71. The Balaban J connectivity index is 2.51. The normalized spacial score (nSPS) is 11.1. The first-order valence-electron chi connectivity index (χ1n) is 5.75. The summed E-state index contributed by atoms with van der Waals surface area (Å²) < 4.78 is 2.02. The Bertz CT molecular complexity index is 659. The molecule has 0 N–H and O–H groups in total. The number of aromatic nitrogens is 1. The van der Waals surface area contributed by atoms with Gasteiger partial charge >= 0.3 is 0 Å². The molecule has 1 aromatic heterocycles. The van der Waals surface area contributed by atoms with Gasteiger partial charge in [-0.25, -0.2) is 0 Å². The molecule has 2 rings (SSSR count). The van der Waals surface area contributed by atoms with Crippen molar-refractivity contribution >= 4 is 17.7 Å². The fourth-order valence-corrected chi connectivity index (χ4v) is 2.29. The van der Waals surface area contributed by atoms with Crippen LogP contribution < -0.4 is 0 Å². The Morgan fingerprint density at radius 3 is 2.68 bits per heavy atom. The molecule has 0 fully saturated rings. The monoisotopic (exact) mass is 276 g/mol. The van der Waals surface area contributed by atoms with Crippen molar-refractivity contribution in [1.29, 1.82) is 0 Å². The molecule has 0 amide bonds. The van der Waals surface area contributed by atoms with E-state index in [2.05, 4.69) is 0 Å². The fourth-order valence-electron chi connectivity index (χ4n) is 2.11. The molecule has 0 bridgehead atoms. The van der Waals surface area contributed by atoms with Crippen molar-refractivity contribution in [3.8, 4) is 5.69 Å². The Morgan fingerprint density at radius 1 is 1.32 bits per heavy atom. The minimum atomic E-state index is -0.467. The molecular weight excluding hydrogens is 264 g/mol. The van der Waals surface area contributed by atoms with Crippen molar-refractivity contribution < 1.29 is 4.92 Å². The summed E-state index contributed by atoms with van der Waals surface area (Å²) in [5, 5.41) is 11.0. The van der Waals surface area contributed by atoms with E-state index in [0.29, 0.717) is 5.02 Å². The molecule has 0 saturated carbocycles. The molecule has 98 valence electrons. The molecule has 0 aliphatic heterocycles. The van der Waals surface area contributed by atoms with Gasteiger partial charge in [-0.3, -0.25) is 10.1 Å². The average molecular weight is 277 g/mol. The lowest BCUT2D eigenvalue weighted by molar-refractivity contribution is -0.400. The van der Waals surface area contributed by atoms with Gasteiger partial charge in [-0.2, -0.15) is 0 Å². The highest BCUT2D eigenvalue weighted by molar-refractivity contribution is 6.30. The summed E-state index contributed by atoms with van der Waals surface area (Å²) in [4.78, 5) is 9.92. The summed E-state index contributed by atoms with van der Waals surface area (Å²) >= 11 is 5.99. The maximum absolute atomic E-state index is 10.4. The lowest BCUT2D eigenvalue weighted by Gasteiger charge is -2.09. The zero-order chi connectivity index (χ0) is 14.0. The Hall–Kier alpha value is -2.07. The van der Waals surface area contributed by atoms with Crippen molar-refractivity contribution in [2.45, 2.75) is 13.8 Å². The number of nitro groups is 1. The molecule has 0 spiro atoms. The lowest BCUT2D eigenvalue weighted by atomic mass is 10.2. The summed E-state index contributed by atoms with van der Waals surface area (Å²) in [6.07, 6.45) is 2.45. The van der Waals surface area contributed by atoms with Gasteiger partial charge in [0.2, 0.25) is 6.20 Å². The molecule has 0 unspecified atom stereocenters. The number of rotatable bonds is 3. The van der Waals surface area contributed by atoms with E-state index < -0.39 is 4.92 Å². The van der Waals surface area contributed by atoms with Gasteiger partial charge in [0.15, 0.2) is 0 Å². The number of halogens is 1. The molecule has 0 saturated heterocycles. The highest BCUT2D eigenvalue weighted by atomic mass is 35.5. The molecule has 5 heteroatoms. The molecule has 2 aromatic rings. The zero-order valence-corrected chi connectivity index (χ0v) is 11.4. The summed E-state index contributed by atoms with van der Waals surface area (Å²) in [7, 11) is 0. The number of aryl methyl sites for hydroxylation is 1. The summed E-state index contributed by atoms with van der Waals surface area (Å²) in [6.45, 7) is 3.88. The molecule has 1 aromatic carbocycles. The number of nitrogens with zero attached hydrogens (tertiary/aromatic N) is 2. The number of hydrogen-bond acceptors (Lipinski definition) is 2. The number of benzene rings is 1. The van der Waals surface area contributed by atoms with E-state index in [9.17, 15) is 10.1 Å². The second-order valence-electron chi connectivity index (χ2n) is 4.24. The molecule has 0 atom stereocenters. The van der Waals surface area contributed by atoms with Crippen LogP contribution in [-0.4, -0.2) is 9.49 Å². The van der Waals surface area contributed by atoms with Crippen molar-refractivity contribution in [2.24, 2.45) is 0 Å². The van der Waals surface area contributed by atoms with Crippen LogP contribution in [0, 0.1) is 24.0 Å². The highest BCUT2D eigenvalue weighted by Gasteiger charge is 2.09. The molecule has 0 aliphatic carbocycles. The molecule has 1 heterocycles. The van der Waals surface area contributed by atoms with E-state index in [1.54, 1.807) is 0 Å². The molecule has 0 aliphatic rings. The van der Waals surface area contributed by atoms with Gasteiger partial charge in [-0.05, 0) is 38.1 Å². The van der Waals surface area contributed by atoms with E-state index in [1.807, 2.05) is 48.7 Å². The quantitative estimate of drug-likeness (QED) is 0.628. The highest BCUT2D eigenvalue weighted by Crippen LogP contribution is 2.23. The van der Waals surface area contributed by atoms with Crippen molar-refractivity contribution in [3.63, 3.8) is 0 Å². The minimum absolute atomic E-state index is 0.467. The zero-order valence-electron chi connectivity index (χ0n) is 10.6. The van der Waals surface area contributed by atoms with Crippen LogP contribution in [0.4, 0.5) is 0 Å². The lowest BCUT2D eigenvalue weighted by Crippen LogP contribution is -1.98. The second-order valence-corrected chi connectivity index (χ2v) is 4.68. The molecule has 0 radical (unpaired) electrons. The van der Waals surface area contributed by atoms with Crippen LogP contribution in [0.15, 0.2) is 36.5 Å². The van der Waals surface area contributed by atoms with Crippen molar-refractivity contribution in [1.82, 2.24) is 4.57 Å². The van der Waals surface area contributed by atoms with Crippen LogP contribution >= 0.6 is 11.6 Å². The van der Waals surface area contributed by atoms with Crippen LogP contribution in [0.25, 0.3) is 11.8 Å². The van der Waals surface area contributed by atoms with E-state index >= 15 is 0 Å². The predicted molar refractivity (Wildman–Crippen MR) is 76.3 cm³/mol. The van der Waals surface area contributed by atoms with Gasteiger partial charge in [0.25, 0.3) is 0 Å². The largest absolute Gasteiger partial charge is 0.318 e. The first-order valence-corrected chi connectivity index (χ1v) is 6.13. The van der Waals surface area contributed by atoms with Crippen LogP contribution in [0.2, 0.25) is 5.02 Å². The summed E-state index contributed by atoms with van der Waals surface area (Å²) in [6, 6.07) is 9.42. The number of hydrogen-bond donors (Lipinski definition) is 0. The minimum Gasteiger partial charge on any atom is -0.318 e. The Morgan fingerprint density at radius 2 is 2.05 bits per heavy atom. The first-order chi connectivity index (χ1) is 8.99. The van der Waals surface area contributed by atoms with E-state index in [1.165, 1.54) is 6.08 Å². The van der Waals surface area contributed by atoms with E-state index in [0.717, 1.165) is 28.8 Å². The second kappa shape index (κ2) is 5.28. The van der Waals surface area contributed by atoms with Crippen LogP contribution in [0.5, 0.6) is 0 Å². The Labute approximate surface area is 116 Å². The smallest absolute Gasteiger partial charge is 0.235 e. The van der Waals surface area contributed by atoms with Crippen molar-refractivity contribution in [2.75, 3.05) is 0 Å². The van der Waals surface area contributed by atoms with E-state index in [-0.39, 0.29) is 0 Å². The maximum atomic E-state index is 10.4. The SMILES string of the molecule is Cc1cc(/C=C/[N+](=O)[O-])c(C)n1-c1cccc(Cl)c1.